The maximum Gasteiger partial charge on any atom is 0.274 e. The van der Waals surface area contributed by atoms with Gasteiger partial charge >= 0.3 is 0 Å². The first-order chi connectivity index (χ1) is 6.69. The van der Waals surface area contributed by atoms with Gasteiger partial charge in [-0.3, -0.25) is 9.63 Å². The SMILES string of the molecule is C#Cc1ccc(C(=O)NOC)cc1N. The van der Waals surface area contributed by atoms with Gasteiger partial charge in [-0.25, -0.2) is 5.48 Å². The number of carbonyl (C=O) groups excluding carboxylic acids is 1. The minimum absolute atomic E-state index is 0.359. The topological polar surface area (TPSA) is 64.3 Å². The first-order valence-electron chi connectivity index (χ1n) is 3.88. The second-order valence-corrected chi connectivity index (χ2v) is 2.58. The molecule has 0 aliphatic heterocycles. The van der Waals surface area contributed by atoms with Gasteiger partial charge in [-0.1, -0.05) is 5.92 Å². The van der Waals surface area contributed by atoms with Gasteiger partial charge < -0.3 is 5.73 Å². The molecule has 0 aromatic heterocycles. The Morgan fingerprint density at radius 2 is 2.36 bits per heavy atom. The Balaban J connectivity index is 2.98. The Labute approximate surface area is 82.0 Å². The molecule has 1 rings (SSSR count). The van der Waals surface area contributed by atoms with Crippen molar-refractivity contribution in [3.05, 3.63) is 29.3 Å². The number of hydrogen-bond donors (Lipinski definition) is 2. The average Bonchev–Trinajstić information content (AvgIpc) is 2.18. The quantitative estimate of drug-likeness (QED) is 0.406. The van der Waals surface area contributed by atoms with Crippen molar-refractivity contribution in [2.45, 2.75) is 0 Å². The number of terminal acetylenes is 1. The molecule has 1 amide bonds. The van der Waals surface area contributed by atoms with E-state index in [1.165, 1.54) is 13.2 Å². The summed E-state index contributed by atoms with van der Waals surface area (Å²) < 4.78 is 0. The van der Waals surface area contributed by atoms with Crippen molar-refractivity contribution in [3.63, 3.8) is 0 Å². The van der Waals surface area contributed by atoms with Gasteiger partial charge in [0.05, 0.1) is 7.11 Å². The molecule has 3 N–H and O–H groups in total. The molecule has 0 spiro atoms. The van der Waals surface area contributed by atoms with Crippen LogP contribution in [0.4, 0.5) is 5.69 Å². The Bertz CT molecular complexity index is 394. The van der Waals surface area contributed by atoms with Crippen LogP contribution in [-0.4, -0.2) is 13.0 Å². The Morgan fingerprint density at radius 1 is 1.64 bits per heavy atom. The predicted octanol–water partition coefficient (Wildman–Crippen LogP) is 0.541. The summed E-state index contributed by atoms with van der Waals surface area (Å²) in [6.45, 7) is 0. The number of nitrogens with two attached hydrogens (primary N) is 1. The Hall–Kier alpha value is -1.99. The summed E-state index contributed by atoms with van der Waals surface area (Å²) in [6, 6.07) is 4.70. The zero-order chi connectivity index (χ0) is 10.6. The highest BCUT2D eigenvalue weighted by Crippen LogP contribution is 2.12. The van der Waals surface area contributed by atoms with E-state index in [1.807, 2.05) is 0 Å². The van der Waals surface area contributed by atoms with Crippen LogP contribution in [0.15, 0.2) is 18.2 Å². The molecule has 72 valence electrons. The number of benzene rings is 1. The molecule has 0 unspecified atom stereocenters. The fourth-order valence-electron chi connectivity index (χ4n) is 0.987. The van der Waals surface area contributed by atoms with E-state index in [0.717, 1.165) is 0 Å². The molecule has 0 saturated carbocycles. The first kappa shape index (κ1) is 10.1. The Morgan fingerprint density at radius 3 is 2.86 bits per heavy atom. The molecule has 0 atom stereocenters. The molecule has 1 aromatic carbocycles. The minimum atomic E-state index is -0.359. The number of nitrogens with one attached hydrogen (secondary N) is 1. The van der Waals surface area contributed by atoms with E-state index in [4.69, 9.17) is 12.2 Å². The van der Waals surface area contributed by atoms with E-state index in [0.29, 0.717) is 16.8 Å². The zero-order valence-corrected chi connectivity index (χ0v) is 7.70. The van der Waals surface area contributed by atoms with Crippen LogP contribution in [-0.2, 0) is 4.84 Å². The lowest BCUT2D eigenvalue weighted by atomic mass is 10.1. The molecule has 14 heavy (non-hydrogen) atoms. The third-order valence-electron chi connectivity index (χ3n) is 1.66. The summed E-state index contributed by atoms with van der Waals surface area (Å²) in [4.78, 5) is 15.7. The van der Waals surface area contributed by atoms with Crippen molar-refractivity contribution in [2.75, 3.05) is 12.8 Å². The van der Waals surface area contributed by atoms with Gasteiger partial charge in [-0.15, -0.1) is 6.42 Å². The zero-order valence-electron chi connectivity index (χ0n) is 7.70. The van der Waals surface area contributed by atoms with Gasteiger partial charge in [0.25, 0.3) is 5.91 Å². The van der Waals surface area contributed by atoms with Gasteiger partial charge in [0.1, 0.15) is 0 Å². The van der Waals surface area contributed by atoms with Crippen molar-refractivity contribution in [1.82, 2.24) is 5.48 Å². The van der Waals surface area contributed by atoms with Gasteiger partial charge in [0, 0.05) is 16.8 Å². The maximum absolute atomic E-state index is 11.3. The fourth-order valence-corrected chi connectivity index (χ4v) is 0.987. The lowest BCUT2D eigenvalue weighted by molar-refractivity contribution is 0.0537. The van der Waals surface area contributed by atoms with E-state index in [-0.39, 0.29) is 5.91 Å². The number of hydroxylamine groups is 1. The molecule has 0 aliphatic carbocycles. The van der Waals surface area contributed by atoms with E-state index < -0.39 is 0 Å². The standard InChI is InChI=1S/C10H10N2O2/c1-3-7-4-5-8(6-9(7)11)10(13)12-14-2/h1,4-6H,11H2,2H3,(H,12,13). The largest absolute Gasteiger partial charge is 0.398 e. The normalized spacial score (nSPS) is 9.14. The molecule has 0 heterocycles. The van der Waals surface area contributed by atoms with Gasteiger partial charge in [-0.2, -0.15) is 0 Å². The molecule has 0 saturated heterocycles. The van der Waals surface area contributed by atoms with Gasteiger partial charge in [-0.05, 0) is 18.2 Å². The number of amides is 1. The van der Waals surface area contributed by atoms with Crippen LogP contribution in [0.2, 0.25) is 0 Å². The number of nitrogen functional groups attached to an aromatic ring is 1. The van der Waals surface area contributed by atoms with Crippen LogP contribution < -0.4 is 11.2 Å². The van der Waals surface area contributed by atoms with Crippen LogP contribution in [0.3, 0.4) is 0 Å². The summed E-state index contributed by atoms with van der Waals surface area (Å²) >= 11 is 0. The van der Waals surface area contributed by atoms with E-state index >= 15 is 0 Å². The van der Waals surface area contributed by atoms with Crippen LogP contribution in [0.5, 0.6) is 0 Å². The van der Waals surface area contributed by atoms with Crippen LogP contribution in [0.1, 0.15) is 15.9 Å². The monoisotopic (exact) mass is 190 g/mol. The predicted molar refractivity (Wildman–Crippen MR) is 53.3 cm³/mol. The third-order valence-corrected chi connectivity index (χ3v) is 1.66. The highest BCUT2D eigenvalue weighted by atomic mass is 16.6. The molecular formula is C10H10N2O2. The summed E-state index contributed by atoms with van der Waals surface area (Å²) in [6.07, 6.45) is 5.18. The first-order valence-corrected chi connectivity index (χ1v) is 3.88. The van der Waals surface area contributed by atoms with E-state index in [2.05, 4.69) is 16.2 Å². The number of rotatable bonds is 2. The molecule has 0 aliphatic rings. The molecular weight excluding hydrogens is 180 g/mol. The molecule has 4 heteroatoms. The van der Waals surface area contributed by atoms with Crippen molar-refractivity contribution in [2.24, 2.45) is 0 Å². The van der Waals surface area contributed by atoms with Gasteiger partial charge in [0.15, 0.2) is 0 Å². The van der Waals surface area contributed by atoms with Gasteiger partial charge in [0.2, 0.25) is 0 Å². The second kappa shape index (κ2) is 4.30. The molecule has 1 aromatic rings. The van der Waals surface area contributed by atoms with Crippen LogP contribution in [0.25, 0.3) is 0 Å². The highest BCUT2D eigenvalue weighted by Gasteiger charge is 2.06. The summed E-state index contributed by atoms with van der Waals surface area (Å²) in [5.41, 5.74) is 9.16. The smallest absolute Gasteiger partial charge is 0.274 e. The lowest BCUT2D eigenvalue weighted by Crippen LogP contribution is -2.21. The molecule has 0 radical (unpaired) electrons. The highest BCUT2D eigenvalue weighted by molar-refractivity contribution is 5.94. The van der Waals surface area contributed by atoms with Crippen molar-refractivity contribution >= 4 is 11.6 Å². The molecule has 0 bridgehead atoms. The second-order valence-electron chi connectivity index (χ2n) is 2.58. The fraction of sp³-hybridized carbons (Fsp3) is 0.100. The number of hydrogen-bond acceptors (Lipinski definition) is 3. The number of carbonyl (C=O) groups is 1. The van der Waals surface area contributed by atoms with Crippen molar-refractivity contribution in [3.8, 4) is 12.3 Å². The van der Waals surface area contributed by atoms with Crippen molar-refractivity contribution < 1.29 is 9.63 Å². The minimum Gasteiger partial charge on any atom is -0.398 e. The molecule has 4 nitrogen and oxygen atoms in total. The summed E-state index contributed by atoms with van der Waals surface area (Å²) in [7, 11) is 1.36. The average molecular weight is 190 g/mol. The van der Waals surface area contributed by atoms with E-state index in [9.17, 15) is 4.79 Å². The number of anilines is 1. The summed E-state index contributed by atoms with van der Waals surface area (Å²) in [5, 5.41) is 0. The lowest BCUT2D eigenvalue weighted by Gasteiger charge is -2.03. The van der Waals surface area contributed by atoms with Crippen LogP contribution >= 0.6 is 0 Å². The van der Waals surface area contributed by atoms with Crippen molar-refractivity contribution in [1.29, 1.82) is 0 Å². The third kappa shape index (κ3) is 2.03. The Kier molecular flexibility index (Phi) is 3.10. The molecule has 0 fully saturated rings. The summed E-state index contributed by atoms with van der Waals surface area (Å²) in [5.74, 6) is 2.05. The van der Waals surface area contributed by atoms with Crippen LogP contribution in [0, 0.1) is 12.3 Å². The van der Waals surface area contributed by atoms with E-state index in [1.54, 1.807) is 12.1 Å². The maximum atomic E-state index is 11.3.